The highest BCUT2D eigenvalue weighted by atomic mass is 35.5. The Morgan fingerprint density at radius 3 is 2.62 bits per heavy atom. The van der Waals surface area contributed by atoms with E-state index >= 15 is 0 Å². The van der Waals surface area contributed by atoms with Crippen molar-refractivity contribution in [1.82, 2.24) is 0 Å². The van der Waals surface area contributed by atoms with Crippen LogP contribution >= 0.6 is 11.6 Å². The zero-order valence-corrected chi connectivity index (χ0v) is 16.3. The van der Waals surface area contributed by atoms with Gasteiger partial charge in [0.05, 0.1) is 22.9 Å². The molecule has 0 radical (unpaired) electrons. The summed E-state index contributed by atoms with van der Waals surface area (Å²) in [5, 5.41) is 3.35. The van der Waals surface area contributed by atoms with E-state index in [-0.39, 0.29) is 23.8 Å². The molecule has 4 aliphatic rings. The first-order chi connectivity index (χ1) is 14.1. The van der Waals surface area contributed by atoms with Gasteiger partial charge in [-0.2, -0.15) is 0 Å². The Hall–Kier alpha value is -2.70. The van der Waals surface area contributed by atoms with Gasteiger partial charge in [0.15, 0.2) is 0 Å². The number of hydrogen-bond acceptors (Lipinski definition) is 3. The summed E-state index contributed by atoms with van der Waals surface area (Å²) in [5.74, 6) is -1.94. The predicted molar refractivity (Wildman–Crippen MR) is 107 cm³/mol. The number of para-hydroxylation sites is 2. The average molecular weight is 409 g/mol. The van der Waals surface area contributed by atoms with E-state index in [2.05, 4.69) is 5.32 Å². The minimum Gasteiger partial charge on any atom is -0.320 e. The summed E-state index contributed by atoms with van der Waals surface area (Å²) in [4.78, 5) is 43.1. The van der Waals surface area contributed by atoms with Crippen LogP contribution in [0.3, 0.4) is 0 Å². The second kappa shape index (κ2) is 5.68. The third-order valence-electron chi connectivity index (χ3n) is 7.22. The summed E-state index contributed by atoms with van der Waals surface area (Å²) in [5.41, 5.74) is 0.930. The van der Waals surface area contributed by atoms with Crippen molar-refractivity contribution in [1.29, 1.82) is 0 Å². The van der Waals surface area contributed by atoms with Gasteiger partial charge < -0.3 is 10.2 Å². The van der Waals surface area contributed by atoms with E-state index in [1.165, 1.54) is 4.90 Å². The Morgan fingerprint density at radius 1 is 1.03 bits per heavy atom. The van der Waals surface area contributed by atoms with Crippen molar-refractivity contribution in [2.45, 2.75) is 24.4 Å². The van der Waals surface area contributed by atoms with Gasteiger partial charge in [0.25, 0.3) is 5.91 Å². The molecule has 4 aliphatic heterocycles. The van der Waals surface area contributed by atoms with Crippen molar-refractivity contribution in [3.8, 4) is 0 Å². The zero-order chi connectivity index (χ0) is 19.9. The van der Waals surface area contributed by atoms with Gasteiger partial charge in [0.1, 0.15) is 17.9 Å². The maximum atomic E-state index is 13.8. The molecule has 0 bridgehead atoms. The van der Waals surface area contributed by atoms with E-state index in [4.69, 9.17) is 11.6 Å². The molecule has 0 aliphatic carbocycles. The smallest absolute Gasteiger partial charge is 0.291 e. The number of nitrogens with one attached hydrogen (secondary N) is 2. The van der Waals surface area contributed by atoms with Gasteiger partial charge in [-0.1, -0.05) is 41.9 Å². The van der Waals surface area contributed by atoms with Crippen LogP contribution in [0.25, 0.3) is 0 Å². The van der Waals surface area contributed by atoms with Gasteiger partial charge in [0, 0.05) is 18.4 Å². The topological polar surface area (TPSA) is 70.9 Å². The molecular weight excluding hydrogens is 390 g/mol. The predicted octanol–water partition coefficient (Wildman–Crippen LogP) is 1.35. The second-order valence-electron chi connectivity index (χ2n) is 8.30. The van der Waals surface area contributed by atoms with E-state index in [9.17, 15) is 14.4 Å². The summed E-state index contributed by atoms with van der Waals surface area (Å²) >= 11 is 6.33. The highest BCUT2D eigenvalue weighted by Crippen LogP contribution is 2.52. The van der Waals surface area contributed by atoms with Crippen LogP contribution in [-0.4, -0.2) is 30.3 Å². The van der Waals surface area contributed by atoms with E-state index in [0.29, 0.717) is 10.7 Å². The number of hydrogen-bond donors (Lipinski definition) is 2. The summed E-state index contributed by atoms with van der Waals surface area (Å²) in [7, 11) is 0. The average Bonchev–Trinajstić information content (AvgIpc) is 3.41. The Labute approximate surface area is 172 Å². The van der Waals surface area contributed by atoms with E-state index in [1.807, 2.05) is 24.3 Å². The standard InChI is InChI=1S/C22H18ClN3O3/c23-13-7-2-4-9-15(13)26-19(27)17-16-10-5-11-25(16)22(18(17)20(26)28)12-6-1-3-8-14(12)24-21(22)29/h1-4,6-9,16-18H,5,10-11H2,(H,24,29)/p+1/t16-,17+,18-,22-/m0/s1. The molecule has 6 rings (SSSR count). The quantitative estimate of drug-likeness (QED) is 0.700. The number of fused-ring (bicyclic) bond motifs is 7. The minimum absolute atomic E-state index is 0.0409. The third kappa shape index (κ3) is 1.89. The van der Waals surface area contributed by atoms with Crippen LogP contribution in [-0.2, 0) is 19.9 Å². The Balaban J connectivity index is 1.58. The zero-order valence-electron chi connectivity index (χ0n) is 15.5. The van der Waals surface area contributed by atoms with Gasteiger partial charge in [0.2, 0.25) is 17.4 Å². The lowest BCUT2D eigenvalue weighted by Gasteiger charge is -2.33. The van der Waals surface area contributed by atoms with Crippen LogP contribution in [0.4, 0.5) is 11.4 Å². The highest BCUT2D eigenvalue weighted by Gasteiger charge is 2.78. The van der Waals surface area contributed by atoms with Crippen molar-refractivity contribution in [2.75, 3.05) is 16.8 Å². The molecule has 1 unspecified atom stereocenters. The first-order valence-corrected chi connectivity index (χ1v) is 10.3. The molecule has 4 heterocycles. The largest absolute Gasteiger partial charge is 0.320 e. The number of amides is 3. The molecular formula is C22H19ClN3O3+. The van der Waals surface area contributed by atoms with Gasteiger partial charge in [-0.05, 0) is 18.2 Å². The maximum Gasteiger partial charge on any atom is 0.291 e. The Morgan fingerprint density at radius 2 is 1.79 bits per heavy atom. The molecule has 2 N–H and O–H groups in total. The molecule has 29 heavy (non-hydrogen) atoms. The molecule has 0 aromatic heterocycles. The summed E-state index contributed by atoms with van der Waals surface area (Å²) in [6.07, 6.45) is 1.77. The number of imide groups is 1. The fourth-order valence-corrected chi connectivity index (χ4v) is 6.51. The lowest BCUT2D eigenvalue weighted by molar-refractivity contribution is -0.948. The van der Waals surface area contributed by atoms with Crippen molar-refractivity contribution in [3.05, 3.63) is 59.1 Å². The number of nitrogens with zero attached hydrogens (tertiary/aromatic N) is 1. The molecule has 0 saturated carbocycles. The number of rotatable bonds is 1. The lowest BCUT2D eigenvalue weighted by Crippen LogP contribution is -3.19. The SMILES string of the molecule is O=C1[C@H]2[C@@H](C(=O)N1c1ccccc1Cl)[C@@]1(C(=O)Nc3ccccc31)[NH+]1CCC[C@@H]21. The summed E-state index contributed by atoms with van der Waals surface area (Å²) in [6.45, 7) is 0.784. The Kier molecular flexibility index (Phi) is 3.36. The van der Waals surface area contributed by atoms with E-state index in [1.54, 1.807) is 24.3 Å². The van der Waals surface area contributed by atoms with Gasteiger partial charge in [-0.15, -0.1) is 0 Å². The fraction of sp³-hybridized carbons (Fsp3) is 0.318. The van der Waals surface area contributed by atoms with Crippen LogP contribution in [0.1, 0.15) is 18.4 Å². The van der Waals surface area contributed by atoms with E-state index in [0.717, 1.165) is 35.5 Å². The van der Waals surface area contributed by atoms with Crippen molar-refractivity contribution in [3.63, 3.8) is 0 Å². The molecule has 146 valence electrons. The van der Waals surface area contributed by atoms with Crippen LogP contribution in [0.15, 0.2) is 48.5 Å². The van der Waals surface area contributed by atoms with Crippen LogP contribution < -0.4 is 15.1 Å². The van der Waals surface area contributed by atoms with Crippen molar-refractivity contribution in [2.24, 2.45) is 11.8 Å². The number of carbonyl (C=O) groups excluding carboxylic acids is 3. The number of benzene rings is 2. The maximum absolute atomic E-state index is 13.8. The lowest BCUT2D eigenvalue weighted by atomic mass is 9.75. The summed E-state index contributed by atoms with van der Waals surface area (Å²) < 4.78 is 0. The first-order valence-electron chi connectivity index (χ1n) is 9.96. The molecule has 6 nitrogen and oxygen atoms in total. The van der Waals surface area contributed by atoms with Gasteiger partial charge >= 0.3 is 0 Å². The number of halogens is 1. The molecule has 5 atom stereocenters. The number of anilines is 2. The molecule has 3 fully saturated rings. The Bertz CT molecular complexity index is 1100. The molecule has 2 aromatic rings. The second-order valence-corrected chi connectivity index (χ2v) is 8.71. The molecule has 2 aromatic carbocycles. The monoisotopic (exact) mass is 408 g/mol. The molecule has 1 spiro atoms. The van der Waals surface area contributed by atoms with Crippen molar-refractivity contribution >= 4 is 40.7 Å². The molecule has 7 heteroatoms. The van der Waals surface area contributed by atoms with Gasteiger partial charge in [-0.25, -0.2) is 4.90 Å². The highest BCUT2D eigenvalue weighted by molar-refractivity contribution is 6.36. The van der Waals surface area contributed by atoms with Crippen LogP contribution in [0, 0.1) is 11.8 Å². The molecule has 3 amide bonds. The van der Waals surface area contributed by atoms with E-state index < -0.39 is 17.4 Å². The normalized spacial score (nSPS) is 34.5. The number of quaternary nitrogens is 1. The first kappa shape index (κ1) is 17.2. The van der Waals surface area contributed by atoms with Gasteiger partial charge in [-0.3, -0.25) is 14.4 Å². The molecule has 3 saturated heterocycles. The van der Waals surface area contributed by atoms with Crippen LogP contribution in [0.2, 0.25) is 5.02 Å². The summed E-state index contributed by atoms with van der Waals surface area (Å²) in [6, 6.07) is 14.4. The number of carbonyl (C=O) groups is 3. The van der Waals surface area contributed by atoms with Crippen LogP contribution in [0.5, 0.6) is 0 Å². The van der Waals surface area contributed by atoms with Crippen molar-refractivity contribution < 1.29 is 19.3 Å². The third-order valence-corrected chi connectivity index (χ3v) is 7.54. The minimum atomic E-state index is -1.05. The fourth-order valence-electron chi connectivity index (χ4n) is 6.29.